The van der Waals surface area contributed by atoms with Crippen LogP contribution in [-0.2, 0) is 4.79 Å². The average Bonchev–Trinajstić information content (AvgIpc) is 2.66. The van der Waals surface area contributed by atoms with E-state index in [1.54, 1.807) is 11.8 Å². The smallest absolute Gasteiger partial charge is 0.221 e. The molecule has 1 amide bonds. The number of nitrogens with zero attached hydrogens (tertiary/aromatic N) is 1. The molecule has 1 heterocycles. The molecular formula is C10H19N3OS. The van der Waals surface area contributed by atoms with Gasteiger partial charge < -0.3 is 10.6 Å². The molecule has 0 spiro atoms. The third-order valence-electron chi connectivity index (χ3n) is 2.17. The van der Waals surface area contributed by atoms with Crippen molar-refractivity contribution in [1.82, 2.24) is 10.6 Å². The molecule has 1 atom stereocenters. The van der Waals surface area contributed by atoms with Crippen molar-refractivity contribution in [1.29, 1.82) is 0 Å². The zero-order valence-corrected chi connectivity index (χ0v) is 10.2. The van der Waals surface area contributed by atoms with Gasteiger partial charge in [-0.25, -0.2) is 0 Å². The Morgan fingerprint density at radius 3 is 3.00 bits per heavy atom. The van der Waals surface area contributed by atoms with Gasteiger partial charge in [0.1, 0.15) is 0 Å². The molecule has 0 aromatic carbocycles. The first-order valence-electron chi connectivity index (χ1n) is 5.48. The summed E-state index contributed by atoms with van der Waals surface area (Å²) < 4.78 is 0. The number of carbonyl (C=O) groups excluding carboxylic acids is 1. The number of hydrogen-bond acceptors (Lipinski definition) is 4. The highest BCUT2D eigenvalue weighted by Gasteiger charge is 2.17. The van der Waals surface area contributed by atoms with Crippen LogP contribution in [0.5, 0.6) is 0 Å². The molecule has 1 aliphatic rings. The fourth-order valence-corrected chi connectivity index (χ4v) is 2.26. The van der Waals surface area contributed by atoms with Gasteiger partial charge in [0.15, 0.2) is 5.17 Å². The Morgan fingerprint density at radius 1 is 1.60 bits per heavy atom. The second-order valence-electron chi connectivity index (χ2n) is 3.42. The molecule has 0 aromatic rings. The molecule has 1 unspecified atom stereocenters. The summed E-state index contributed by atoms with van der Waals surface area (Å²) in [6.45, 7) is 6.38. The maximum absolute atomic E-state index is 11.1. The lowest BCUT2D eigenvalue weighted by molar-refractivity contribution is -0.120. The summed E-state index contributed by atoms with van der Waals surface area (Å²) >= 11 is 1.78. The fourth-order valence-electron chi connectivity index (χ4n) is 1.30. The largest absolute Gasteiger partial charge is 0.364 e. The van der Waals surface area contributed by atoms with E-state index >= 15 is 0 Å². The predicted molar refractivity (Wildman–Crippen MR) is 65.3 cm³/mol. The van der Waals surface area contributed by atoms with Crippen LogP contribution in [0.15, 0.2) is 4.99 Å². The van der Waals surface area contributed by atoms with Crippen LogP contribution in [0.2, 0.25) is 0 Å². The van der Waals surface area contributed by atoms with Gasteiger partial charge >= 0.3 is 0 Å². The Hall–Kier alpha value is -0.710. The number of thioether (sulfide) groups is 1. The van der Waals surface area contributed by atoms with Crippen LogP contribution in [0.3, 0.4) is 0 Å². The van der Waals surface area contributed by atoms with Gasteiger partial charge in [0, 0.05) is 24.8 Å². The van der Waals surface area contributed by atoms with E-state index in [4.69, 9.17) is 0 Å². The number of aliphatic imine (C=N–C) groups is 1. The van der Waals surface area contributed by atoms with Crippen molar-refractivity contribution in [3.05, 3.63) is 0 Å². The zero-order valence-electron chi connectivity index (χ0n) is 9.38. The number of nitrogens with one attached hydrogen (secondary N) is 2. The molecular weight excluding hydrogens is 210 g/mol. The van der Waals surface area contributed by atoms with Gasteiger partial charge in [-0.05, 0) is 13.3 Å². The Balaban J connectivity index is 2.08. The summed E-state index contributed by atoms with van der Waals surface area (Å²) in [5.41, 5.74) is 0. The van der Waals surface area contributed by atoms with Crippen molar-refractivity contribution in [2.75, 3.05) is 19.6 Å². The summed E-state index contributed by atoms with van der Waals surface area (Å²) in [4.78, 5) is 15.5. The summed E-state index contributed by atoms with van der Waals surface area (Å²) in [6, 6.07) is 0. The number of rotatable bonds is 5. The Labute approximate surface area is 95.3 Å². The molecule has 86 valence electrons. The molecule has 0 bridgehead atoms. The van der Waals surface area contributed by atoms with E-state index in [9.17, 15) is 4.79 Å². The van der Waals surface area contributed by atoms with Crippen LogP contribution in [0, 0.1) is 0 Å². The molecule has 0 fully saturated rings. The van der Waals surface area contributed by atoms with E-state index in [2.05, 4.69) is 22.5 Å². The lowest BCUT2D eigenvalue weighted by Gasteiger charge is -2.06. The zero-order chi connectivity index (χ0) is 11.1. The number of amidine groups is 1. The lowest BCUT2D eigenvalue weighted by atomic mass is 10.3. The van der Waals surface area contributed by atoms with Crippen molar-refractivity contribution >= 4 is 22.8 Å². The Kier molecular flexibility index (Phi) is 5.53. The first-order chi connectivity index (χ1) is 7.26. The van der Waals surface area contributed by atoms with Crippen LogP contribution in [-0.4, -0.2) is 36.0 Å². The van der Waals surface area contributed by atoms with Crippen molar-refractivity contribution < 1.29 is 4.79 Å². The van der Waals surface area contributed by atoms with Gasteiger partial charge in [0.05, 0.1) is 6.54 Å². The standard InChI is InChI=1S/C10H19N3OS/c1-3-8-7-13-10(15-8)12-6-5-9(14)11-4-2/h8H,3-7H2,1-2H3,(H,11,14)(H,12,13). The van der Waals surface area contributed by atoms with E-state index in [0.29, 0.717) is 24.8 Å². The first kappa shape index (κ1) is 12.4. The number of amides is 1. The van der Waals surface area contributed by atoms with Crippen LogP contribution >= 0.6 is 11.8 Å². The predicted octanol–water partition coefficient (Wildman–Crippen LogP) is 0.984. The third-order valence-corrected chi connectivity index (χ3v) is 3.49. The molecule has 0 radical (unpaired) electrons. The molecule has 5 heteroatoms. The van der Waals surface area contributed by atoms with E-state index < -0.39 is 0 Å². The minimum absolute atomic E-state index is 0.0978. The SMILES string of the molecule is CCNC(=O)CCNC1=NCC(CC)S1. The topological polar surface area (TPSA) is 53.5 Å². The number of carbonyl (C=O) groups is 1. The quantitative estimate of drug-likeness (QED) is 0.739. The van der Waals surface area contributed by atoms with Crippen LogP contribution in [0.25, 0.3) is 0 Å². The lowest BCUT2D eigenvalue weighted by Crippen LogP contribution is -2.29. The van der Waals surface area contributed by atoms with E-state index in [0.717, 1.165) is 18.1 Å². The summed E-state index contributed by atoms with van der Waals surface area (Å²) in [5.74, 6) is 0.0978. The van der Waals surface area contributed by atoms with Crippen molar-refractivity contribution in [3.63, 3.8) is 0 Å². The maximum atomic E-state index is 11.1. The Bertz CT molecular complexity index is 243. The molecule has 2 N–H and O–H groups in total. The molecule has 0 aromatic heterocycles. The molecule has 4 nitrogen and oxygen atoms in total. The van der Waals surface area contributed by atoms with Crippen molar-refractivity contribution in [3.8, 4) is 0 Å². The molecule has 1 rings (SSSR count). The van der Waals surface area contributed by atoms with E-state index in [-0.39, 0.29) is 5.91 Å². The highest BCUT2D eigenvalue weighted by molar-refractivity contribution is 8.14. The van der Waals surface area contributed by atoms with Gasteiger partial charge in [-0.15, -0.1) is 0 Å². The third kappa shape index (κ3) is 4.55. The van der Waals surface area contributed by atoms with Gasteiger partial charge in [-0.1, -0.05) is 18.7 Å². The van der Waals surface area contributed by atoms with E-state index in [1.165, 1.54) is 0 Å². The van der Waals surface area contributed by atoms with Gasteiger partial charge in [-0.3, -0.25) is 9.79 Å². The van der Waals surface area contributed by atoms with Gasteiger partial charge in [0.2, 0.25) is 5.91 Å². The average molecular weight is 229 g/mol. The number of hydrogen-bond donors (Lipinski definition) is 2. The molecule has 0 aliphatic carbocycles. The van der Waals surface area contributed by atoms with Crippen LogP contribution in [0.1, 0.15) is 26.7 Å². The molecule has 15 heavy (non-hydrogen) atoms. The van der Waals surface area contributed by atoms with Crippen molar-refractivity contribution in [2.24, 2.45) is 4.99 Å². The van der Waals surface area contributed by atoms with Crippen LogP contribution in [0.4, 0.5) is 0 Å². The second kappa shape index (κ2) is 6.71. The second-order valence-corrected chi connectivity index (χ2v) is 4.71. The van der Waals surface area contributed by atoms with Crippen molar-refractivity contribution in [2.45, 2.75) is 31.9 Å². The van der Waals surface area contributed by atoms with Gasteiger partial charge in [0.25, 0.3) is 0 Å². The molecule has 0 saturated carbocycles. The first-order valence-corrected chi connectivity index (χ1v) is 6.35. The monoisotopic (exact) mass is 229 g/mol. The normalized spacial score (nSPS) is 19.9. The molecule has 1 aliphatic heterocycles. The van der Waals surface area contributed by atoms with E-state index in [1.807, 2.05) is 6.92 Å². The summed E-state index contributed by atoms with van der Waals surface area (Å²) in [6.07, 6.45) is 1.67. The minimum atomic E-state index is 0.0978. The van der Waals surface area contributed by atoms with Gasteiger partial charge in [-0.2, -0.15) is 0 Å². The summed E-state index contributed by atoms with van der Waals surface area (Å²) in [7, 11) is 0. The Morgan fingerprint density at radius 2 is 2.40 bits per heavy atom. The minimum Gasteiger partial charge on any atom is -0.364 e. The van der Waals surface area contributed by atoms with Crippen LogP contribution < -0.4 is 10.6 Å². The molecule has 0 saturated heterocycles. The maximum Gasteiger partial charge on any atom is 0.221 e. The summed E-state index contributed by atoms with van der Waals surface area (Å²) in [5, 5.41) is 7.57. The fraction of sp³-hybridized carbons (Fsp3) is 0.800. The highest BCUT2D eigenvalue weighted by Crippen LogP contribution is 2.21. The highest BCUT2D eigenvalue weighted by atomic mass is 32.2.